The Morgan fingerprint density at radius 1 is 1.36 bits per heavy atom. The first-order chi connectivity index (χ1) is 9.72. The van der Waals surface area contributed by atoms with E-state index in [0.717, 1.165) is 37.9 Å². The molecule has 3 N–H and O–H groups in total. The monoisotopic (exact) mass is 347 g/mol. The van der Waals surface area contributed by atoms with E-state index in [4.69, 9.17) is 5.73 Å². The van der Waals surface area contributed by atoms with E-state index >= 15 is 0 Å². The summed E-state index contributed by atoms with van der Waals surface area (Å²) in [5.74, 6) is 0.127. The van der Waals surface area contributed by atoms with E-state index in [-0.39, 0.29) is 42.8 Å². The molecule has 1 aromatic rings. The Hall–Kier alpha value is -0.810. The molecular formula is C16H27Cl2N3O. The zero-order valence-corrected chi connectivity index (χ0v) is 14.7. The standard InChI is InChI=1S/C16H25N3O.2ClH/c1-2-10-19-11-6-9-15(19)16(20)18-12-14(17)13-7-4-3-5-8-13;;/h3-5,7-8,14-15H,2,6,9-12,17H2,1H3,(H,18,20);2*1H. The van der Waals surface area contributed by atoms with Gasteiger partial charge in [0.05, 0.1) is 6.04 Å². The van der Waals surface area contributed by atoms with Gasteiger partial charge in [-0.1, -0.05) is 37.3 Å². The maximum absolute atomic E-state index is 12.3. The predicted molar refractivity (Wildman–Crippen MR) is 95.8 cm³/mol. The second-order valence-corrected chi connectivity index (χ2v) is 5.46. The average molecular weight is 348 g/mol. The van der Waals surface area contributed by atoms with Gasteiger partial charge in [-0.15, -0.1) is 24.8 Å². The first-order valence-corrected chi connectivity index (χ1v) is 7.54. The highest BCUT2D eigenvalue weighted by molar-refractivity contribution is 5.85. The number of nitrogens with one attached hydrogen (secondary N) is 1. The second-order valence-electron chi connectivity index (χ2n) is 5.46. The lowest BCUT2D eigenvalue weighted by Gasteiger charge is -2.23. The summed E-state index contributed by atoms with van der Waals surface area (Å²) in [6.07, 6.45) is 3.17. The van der Waals surface area contributed by atoms with Crippen LogP contribution in [-0.2, 0) is 4.79 Å². The molecule has 0 bridgehead atoms. The molecule has 0 aromatic heterocycles. The summed E-state index contributed by atoms with van der Waals surface area (Å²) in [5.41, 5.74) is 7.17. The van der Waals surface area contributed by atoms with Crippen molar-refractivity contribution < 1.29 is 4.79 Å². The fourth-order valence-electron chi connectivity index (χ4n) is 2.82. The lowest BCUT2D eigenvalue weighted by molar-refractivity contribution is -0.125. The summed E-state index contributed by atoms with van der Waals surface area (Å²) in [7, 11) is 0. The molecule has 1 aliphatic rings. The van der Waals surface area contributed by atoms with Gasteiger partial charge in [-0.05, 0) is 37.9 Å². The number of hydrogen-bond acceptors (Lipinski definition) is 3. The molecule has 1 amide bonds. The molecule has 0 aliphatic carbocycles. The fourth-order valence-corrected chi connectivity index (χ4v) is 2.82. The van der Waals surface area contributed by atoms with Gasteiger partial charge in [0.15, 0.2) is 0 Å². The molecule has 4 nitrogen and oxygen atoms in total. The first-order valence-electron chi connectivity index (χ1n) is 7.54. The molecule has 0 spiro atoms. The van der Waals surface area contributed by atoms with Gasteiger partial charge in [-0.2, -0.15) is 0 Å². The Labute approximate surface area is 145 Å². The van der Waals surface area contributed by atoms with Gasteiger partial charge in [0.2, 0.25) is 5.91 Å². The Kier molecular flexibility index (Phi) is 10.4. The molecule has 1 saturated heterocycles. The Balaban J connectivity index is 0.00000220. The highest BCUT2D eigenvalue weighted by Gasteiger charge is 2.29. The maximum Gasteiger partial charge on any atom is 0.237 e. The molecule has 2 rings (SSSR count). The van der Waals surface area contributed by atoms with E-state index < -0.39 is 0 Å². The van der Waals surface area contributed by atoms with Crippen LogP contribution in [0.3, 0.4) is 0 Å². The molecule has 0 saturated carbocycles. The van der Waals surface area contributed by atoms with Gasteiger partial charge in [0, 0.05) is 12.6 Å². The summed E-state index contributed by atoms with van der Waals surface area (Å²) in [6, 6.07) is 9.80. The van der Waals surface area contributed by atoms with Gasteiger partial charge >= 0.3 is 0 Å². The van der Waals surface area contributed by atoms with E-state index in [2.05, 4.69) is 17.1 Å². The number of carbonyl (C=O) groups excluding carboxylic acids is 1. The van der Waals surface area contributed by atoms with Gasteiger partial charge in [-0.3, -0.25) is 9.69 Å². The van der Waals surface area contributed by atoms with Gasteiger partial charge in [0.1, 0.15) is 0 Å². The normalized spacial score (nSPS) is 18.9. The number of hydrogen-bond donors (Lipinski definition) is 2. The Bertz CT molecular complexity index is 431. The van der Waals surface area contributed by atoms with Gasteiger partial charge in [-0.25, -0.2) is 0 Å². The largest absolute Gasteiger partial charge is 0.353 e. The minimum absolute atomic E-state index is 0. The lowest BCUT2D eigenvalue weighted by Crippen LogP contribution is -2.45. The Morgan fingerprint density at radius 2 is 2.05 bits per heavy atom. The van der Waals surface area contributed by atoms with Crippen molar-refractivity contribution in [2.45, 2.75) is 38.3 Å². The fraction of sp³-hybridized carbons (Fsp3) is 0.562. The van der Waals surface area contributed by atoms with Crippen LogP contribution in [0.1, 0.15) is 37.8 Å². The molecule has 2 atom stereocenters. The van der Waals surface area contributed by atoms with Gasteiger partial charge < -0.3 is 11.1 Å². The average Bonchev–Trinajstić information content (AvgIpc) is 2.94. The van der Waals surface area contributed by atoms with E-state index in [1.807, 2.05) is 30.3 Å². The van der Waals surface area contributed by atoms with Crippen LogP contribution >= 0.6 is 24.8 Å². The predicted octanol–water partition coefficient (Wildman–Crippen LogP) is 2.52. The van der Waals surface area contributed by atoms with Crippen molar-refractivity contribution in [3.63, 3.8) is 0 Å². The van der Waals surface area contributed by atoms with Crippen LogP contribution in [0.5, 0.6) is 0 Å². The molecule has 22 heavy (non-hydrogen) atoms. The molecule has 1 heterocycles. The highest BCUT2D eigenvalue weighted by Crippen LogP contribution is 2.17. The van der Waals surface area contributed by atoms with Crippen LogP contribution in [0.25, 0.3) is 0 Å². The molecule has 1 aromatic carbocycles. The van der Waals surface area contributed by atoms with Crippen LogP contribution in [0.4, 0.5) is 0 Å². The number of rotatable bonds is 6. The van der Waals surface area contributed by atoms with Crippen molar-refractivity contribution >= 4 is 30.7 Å². The molecule has 126 valence electrons. The molecule has 1 fully saturated rings. The van der Waals surface area contributed by atoms with E-state index in [9.17, 15) is 4.79 Å². The molecule has 6 heteroatoms. The zero-order valence-electron chi connectivity index (χ0n) is 13.0. The number of amides is 1. The van der Waals surface area contributed by atoms with Crippen LogP contribution in [0, 0.1) is 0 Å². The third-order valence-corrected chi connectivity index (χ3v) is 3.90. The third-order valence-electron chi connectivity index (χ3n) is 3.90. The number of nitrogens with zero attached hydrogens (tertiary/aromatic N) is 1. The van der Waals surface area contributed by atoms with E-state index in [0.29, 0.717) is 6.54 Å². The number of benzene rings is 1. The number of carbonyl (C=O) groups is 1. The van der Waals surface area contributed by atoms with Crippen LogP contribution in [-0.4, -0.2) is 36.5 Å². The highest BCUT2D eigenvalue weighted by atomic mass is 35.5. The molecule has 1 aliphatic heterocycles. The van der Waals surface area contributed by atoms with Crippen molar-refractivity contribution in [3.8, 4) is 0 Å². The summed E-state index contributed by atoms with van der Waals surface area (Å²) in [6.45, 7) is 4.69. The third kappa shape index (κ3) is 5.76. The summed E-state index contributed by atoms with van der Waals surface area (Å²) in [5, 5.41) is 3.01. The van der Waals surface area contributed by atoms with Crippen molar-refractivity contribution in [1.82, 2.24) is 10.2 Å². The minimum atomic E-state index is -0.138. The zero-order chi connectivity index (χ0) is 14.4. The summed E-state index contributed by atoms with van der Waals surface area (Å²) in [4.78, 5) is 14.5. The van der Waals surface area contributed by atoms with Crippen molar-refractivity contribution in [2.75, 3.05) is 19.6 Å². The van der Waals surface area contributed by atoms with Crippen molar-refractivity contribution in [1.29, 1.82) is 0 Å². The Morgan fingerprint density at radius 3 is 2.68 bits per heavy atom. The topological polar surface area (TPSA) is 58.4 Å². The van der Waals surface area contributed by atoms with Crippen molar-refractivity contribution in [3.05, 3.63) is 35.9 Å². The lowest BCUT2D eigenvalue weighted by atomic mass is 10.1. The van der Waals surface area contributed by atoms with Crippen LogP contribution < -0.4 is 11.1 Å². The first kappa shape index (κ1) is 21.2. The second kappa shape index (κ2) is 10.8. The number of likely N-dealkylation sites (tertiary alicyclic amines) is 1. The quantitative estimate of drug-likeness (QED) is 0.831. The van der Waals surface area contributed by atoms with Crippen LogP contribution in [0.15, 0.2) is 30.3 Å². The molecular weight excluding hydrogens is 321 g/mol. The minimum Gasteiger partial charge on any atom is -0.353 e. The maximum atomic E-state index is 12.3. The van der Waals surface area contributed by atoms with E-state index in [1.165, 1.54) is 0 Å². The molecule has 2 unspecified atom stereocenters. The van der Waals surface area contributed by atoms with E-state index in [1.54, 1.807) is 0 Å². The summed E-state index contributed by atoms with van der Waals surface area (Å²) >= 11 is 0. The van der Waals surface area contributed by atoms with Crippen LogP contribution in [0.2, 0.25) is 0 Å². The number of halogens is 2. The number of nitrogens with two attached hydrogens (primary N) is 1. The van der Waals surface area contributed by atoms with Crippen molar-refractivity contribution in [2.24, 2.45) is 5.73 Å². The van der Waals surface area contributed by atoms with Gasteiger partial charge in [0.25, 0.3) is 0 Å². The summed E-state index contributed by atoms with van der Waals surface area (Å²) < 4.78 is 0. The SMILES string of the molecule is CCCN1CCCC1C(=O)NCC(N)c1ccccc1.Cl.Cl. The smallest absolute Gasteiger partial charge is 0.237 e. The molecule has 0 radical (unpaired) electrons.